The molecule has 3 N–H and O–H groups in total. The maximum absolute atomic E-state index is 13.8. The van der Waals surface area contributed by atoms with Crippen LogP contribution in [-0.4, -0.2) is 46.9 Å². The van der Waals surface area contributed by atoms with Crippen molar-refractivity contribution < 1.29 is 58.1 Å². The van der Waals surface area contributed by atoms with E-state index in [2.05, 4.69) is 10.5 Å². The van der Waals surface area contributed by atoms with Gasteiger partial charge in [0.25, 0.3) is 6.02 Å². The van der Waals surface area contributed by atoms with Gasteiger partial charge >= 0.3 is 35.8 Å². The summed E-state index contributed by atoms with van der Waals surface area (Å²) in [5.41, 5.74) is -1.49. The molecule has 0 amide bonds. The van der Waals surface area contributed by atoms with Gasteiger partial charge < -0.3 is 15.6 Å². The van der Waals surface area contributed by atoms with Crippen LogP contribution >= 0.6 is 0 Å². The molecule has 1 rings (SSSR count). The van der Waals surface area contributed by atoms with Crippen molar-refractivity contribution in [1.29, 1.82) is 0 Å². The van der Waals surface area contributed by atoms with Gasteiger partial charge in [-0.25, -0.2) is 0 Å². The predicted octanol–water partition coefficient (Wildman–Crippen LogP) is 2.08. The van der Waals surface area contributed by atoms with E-state index < -0.39 is 41.8 Å². The molecule has 0 spiro atoms. The molecule has 22 heavy (non-hydrogen) atoms. The molecule has 0 aliphatic carbocycles. The molecule has 1 heterocycles. The SMILES string of the molecule is NC1=NC(O)(C(F)(F)F)C(F)(C(F)(F)C(F)(F)C(F)(F)F)O1. The van der Waals surface area contributed by atoms with E-state index in [0.29, 0.717) is 0 Å². The minimum atomic E-state index is -7.35. The quantitative estimate of drug-likeness (QED) is 0.745. The molecule has 0 aromatic carbocycles. The monoisotopic (exact) mass is 356 g/mol. The highest BCUT2D eigenvalue weighted by molar-refractivity contribution is 5.75. The van der Waals surface area contributed by atoms with Crippen LogP contribution in [0.15, 0.2) is 4.99 Å². The lowest BCUT2D eigenvalue weighted by atomic mass is 9.92. The molecule has 130 valence electrons. The van der Waals surface area contributed by atoms with Crippen LogP contribution in [0.4, 0.5) is 48.3 Å². The van der Waals surface area contributed by atoms with Crippen LogP contribution in [-0.2, 0) is 4.74 Å². The molecular weight excluding hydrogens is 353 g/mol. The molecule has 0 radical (unpaired) electrons. The zero-order valence-corrected chi connectivity index (χ0v) is 9.54. The highest BCUT2D eigenvalue weighted by atomic mass is 19.4. The summed E-state index contributed by atoms with van der Waals surface area (Å²) in [6.45, 7) is 0. The normalized spacial score (nSPS) is 31.0. The van der Waals surface area contributed by atoms with E-state index in [1.807, 2.05) is 0 Å². The first-order valence-corrected chi connectivity index (χ1v) is 4.70. The topological polar surface area (TPSA) is 67.8 Å². The van der Waals surface area contributed by atoms with Gasteiger partial charge in [0.15, 0.2) is 0 Å². The van der Waals surface area contributed by atoms with Crippen molar-refractivity contribution in [3.63, 3.8) is 0 Å². The Balaban J connectivity index is 3.59. The van der Waals surface area contributed by atoms with E-state index >= 15 is 0 Å². The highest BCUT2D eigenvalue weighted by Crippen LogP contribution is 2.60. The second-order valence-electron chi connectivity index (χ2n) is 3.96. The van der Waals surface area contributed by atoms with Gasteiger partial charge in [0.2, 0.25) is 0 Å². The molecule has 0 saturated carbocycles. The molecule has 4 nitrogen and oxygen atoms in total. The number of hydrogen-bond donors (Lipinski definition) is 2. The number of aliphatic hydroxyl groups is 1. The fourth-order valence-corrected chi connectivity index (χ4v) is 1.38. The van der Waals surface area contributed by atoms with Gasteiger partial charge in [0, 0.05) is 0 Å². The number of aliphatic imine (C=N–C) groups is 1. The summed E-state index contributed by atoms with van der Waals surface area (Å²) < 4.78 is 142. The fraction of sp³-hybridized carbons (Fsp3) is 0.857. The molecule has 1 aliphatic rings. The lowest BCUT2D eigenvalue weighted by Gasteiger charge is -2.40. The standard InChI is InChI=1S/C7H3F11N2O2/c8-2(9,3(10,11)6(13,14)15)4(12)5(21,7(16,17)18)20-1(19)22-4/h21H,(H2,19,20). The van der Waals surface area contributed by atoms with Crippen LogP contribution in [0.2, 0.25) is 0 Å². The Morgan fingerprint density at radius 3 is 1.68 bits per heavy atom. The summed E-state index contributed by atoms with van der Waals surface area (Å²) in [5, 5.41) is 8.81. The summed E-state index contributed by atoms with van der Waals surface area (Å²) in [4.78, 5) is 1.65. The number of rotatable bonds is 2. The summed E-state index contributed by atoms with van der Waals surface area (Å²) in [6, 6.07) is -2.21. The number of alkyl halides is 11. The average Bonchev–Trinajstić information content (AvgIpc) is 2.48. The number of hydrogen-bond acceptors (Lipinski definition) is 4. The molecule has 0 aromatic rings. The summed E-state index contributed by atoms with van der Waals surface area (Å²) in [7, 11) is 0. The number of halogens is 11. The molecule has 2 unspecified atom stereocenters. The van der Waals surface area contributed by atoms with Crippen LogP contribution in [0.1, 0.15) is 0 Å². The Morgan fingerprint density at radius 1 is 0.955 bits per heavy atom. The molecule has 0 bridgehead atoms. The first-order valence-electron chi connectivity index (χ1n) is 4.70. The third-order valence-corrected chi connectivity index (χ3v) is 2.52. The van der Waals surface area contributed by atoms with Crippen molar-refractivity contribution in [2.24, 2.45) is 10.7 Å². The van der Waals surface area contributed by atoms with Gasteiger partial charge in [-0.05, 0) is 0 Å². The van der Waals surface area contributed by atoms with Gasteiger partial charge in [-0.15, -0.1) is 0 Å². The van der Waals surface area contributed by atoms with Crippen molar-refractivity contribution in [1.82, 2.24) is 0 Å². The van der Waals surface area contributed by atoms with Crippen LogP contribution in [0, 0.1) is 0 Å². The Kier molecular flexibility index (Phi) is 3.58. The van der Waals surface area contributed by atoms with Gasteiger partial charge in [0.05, 0.1) is 0 Å². The van der Waals surface area contributed by atoms with Crippen LogP contribution in [0.3, 0.4) is 0 Å². The van der Waals surface area contributed by atoms with Gasteiger partial charge in [-0.3, -0.25) is 0 Å². The fourth-order valence-electron chi connectivity index (χ4n) is 1.38. The van der Waals surface area contributed by atoms with Crippen molar-refractivity contribution in [2.45, 2.75) is 35.8 Å². The van der Waals surface area contributed by atoms with Crippen molar-refractivity contribution in [3.8, 4) is 0 Å². The molecule has 0 saturated heterocycles. The summed E-state index contributed by atoms with van der Waals surface area (Å²) in [5.74, 6) is -21.0. The first-order chi connectivity index (χ1) is 9.35. The lowest BCUT2D eigenvalue weighted by molar-refractivity contribution is -0.445. The van der Waals surface area contributed by atoms with Crippen LogP contribution in [0.25, 0.3) is 0 Å². The average molecular weight is 356 g/mol. The van der Waals surface area contributed by atoms with E-state index in [1.54, 1.807) is 4.99 Å². The number of ether oxygens (including phenoxy) is 1. The maximum atomic E-state index is 13.8. The largest absolute Gasteiger partial charge is 0.460 e. The van der Waals surface area contributed by atoms with Crippen LogP contribution in [0.5, 0.6) is 0 Å². The van der Waals surface area contributed by atoms with Gasteiger partial charge in [-0.2, -0.15) is 53.3 Å². The second-order valence-corrected chi connectivity index (χ2v) is 3.96. The van der Waals surface area contributed by atoms with Crippen LogP contribution < -0.4 is 5.73 Å². The van der Waals surface area contributed by atoms with E-state index in [9.17, 15) is 48.3 Å². The van der Waals surface area contributed by atoms with Crippen molar-refractivity contribution in [2.75, 3.05) is 0 Å². The maximum Gasteiger partial charge on any atom is 0.460 e. The van der Waals surface area contributed by atoms with Crippen molar-refractivity contribution in [3.05, 3.63) is 0 Å². The van der Waals surface area contributed by atoms with Gasteiger partial charge in [-0.1, -0.05) is 0 Å². The Bertz CT molecular complexity index is 498. The highest BCUT2D eigenvalue weighted by Gasteiger charge is 2.92. The van der Waals surface area contributed by atoms with E-state index in [0.717, 1.165) is 0 Å². The van der Waals surface area contributed by atoms with E-state index in [4.69, 9.17) is 5.11 Å². The van der Waals surface area contributed by atoms with E-state index in [1.165, 1.54) is 0 Å². The van der Waals surface area contributed by atoms with E-state index in [-0.39, 0.29) is 0 Å². The Morgan fingerprint density at radius 2 is 1.36 bits per heavy atom. The Labute approximate surface area is 112 Å². The van der Waals surface area contributed by atoms with Crippen molar-refractivity contribution >= 4 is 6.02 Å². The third-order valence-electron chi connectivity index (χ3n) is 2.52. The minimum absolute atomic E-state index is 1.65. The second kappa shape index (κ2) is 4.26. The molecule has 2 atom stereocenters. The zero-order chi connectivity index (χ0) is 18.0. The third kappa shape index (κ3) is 1.97. The molecule has 1 aliphatic heterocycles. The molecule has 15 heteroatoms. The molecular formula is C7H3F11N2O2. The number of amidine groups is 1. The zero-order valence-electron chi connectivity index (χ0n) is 9.54. The predicted molar refractivity (Wildman–Crippen MR) is 43.5 cm³/mol. The smallest absolute Gasteiger partial charge is 0.417 e. The number of nitrogens with zero attached hydrogens (tertiary/aromatic N) is 1. The lowest BCUT2D eigenvalue weighted by Crippen LogP contribution is -2.72. The number of nitrogens with two attached hydrogens (primary N) is 1. The summed E-state index contributed by atoms with van der Waals surface area (Å²) >= 11 is 0. The molecule has 0 aromatic heterocycles. The molecule has 0 fully saturated rings. The minimum Gasteiger partial charge on any atom is -0.417 e. The summed E-state index contributed by atoms with van der Waals surface area (Å²) in [6.07, 6.45) is -13.7. The first kappa shape index (κ1) is 18.5. The Hall–Kier alpha value is -1.54. The van der Waals surface area contributed by atoms with Gasteiger partial charge in [0.1, 0.15) is 0 Å².